The summed E-state index contributed by atoms with van der Waals surface area (Å²) in [5, 5.41) is 13.6. The highest BCUT2D eigenvalue weighted by molar-refractivity contribution is 5.99. The smallest absolute Gasteiger partial charge is 0.343 e. The number of nitrogens with zero attached hydrogens (tertiary/aromatic N) is 4. The van der Waals surface area contributed by atoms with Gasteiger partial charge < -0.3 is 19.1 Å². The molecule has 0 saturated carbocycles. The van der Waals surface area contributed by atoms with Crippen LogP contribution in [0.15, 0.2) is 47.2 Å². The molecule has 3 rings (SSSR count). The number of aromatic carboxylic acids is 1. The summed E-state index contributed by atoms with van der Waals surface area (Å²) in [6.07, 6.45) is 3.61. The average Bonchev–Trinajstić information content (AvgIpc) is 3.21. The van der Waals surface area contributed by atoms with Crippen molar-refractivity contribution in [2.24, 2.45) is 0 Å². The molecule has 2 heterocycles. The van der Waals surface area contributed by atoms with Crippen LogP contribution >= 0.6 is 0 Å². The Morgan fingerprint density at radius 1 is 1.33 bits per heavy atom. The van der Waals surface area contributed by atoms with Crippen molar-refractivity contribution in [2.45, 2.75) is 20.0 Å². The van der Waals surface area contributed by atoms with Gasteiger partial charge in [-0.3, -0.25) is 0 Å². The molecule has 0 aliphatic rings. The summed E-state index contributed by atoms with van der Waals surface area (Å²) in [7, 11) is 1.77. The lowest BCUT2D eigenvalue weighted by Crippen LogP contribution is -2.22. The van der Waals surface area contributed by atoms with Crippen LogP contribution in [-0.2, 0) is 13.1 Å². The Kier molecular flexibility index (Phi) is 4.33. The molecule has 1 N–H and O–H groups in total. The Morgan fingerprint density at radius 2 is 2.08 bits per heavy atom. The average molecular weight is 326 g/mol. The molecule has 7 nitrogen and oxygen atoms in total. The molecule has 0 amide bonds. The zero-order chi connectivity index (χ0) is 17.1. The van der Waals surface area contributed by atoms with E-state index >= 15 is 0 Å². The standard InChI is InChI=1S/C17H18N4O3/c1-3-21-10-9-18-13(21)11-20(2)16-14(17(22)23)15(24-19-16)12-7-5-4-6-8-12/h4-10H,3,11H2,1-2H3,(H,22,23). The third kappa shape index (κ3) is 2.88. The first kappa shape index (κ1) is 15.8. The molecular weight excluding hydrogens is 308 g/mol. The van der Waals surface area contributed by atoms with Crippen molar-refractivity contribution in [3.8, 4) is 11.3 Å². The van der Waals surface area contributed by atoms with Crippen molar-refractivity contribution in [1.82, 2.24) is 14.7 Å². The van der Waals surface area contributed by atoms with Crippen molar-refractivity contribution in [3.05, 3.63) is 54.1 Å². The van der Waals surface area contributed by atoms with E-state index in [1.165, 1.54) is 0 Å². The normalized spacial score (nSPS) is 10.8. The van der Waals surface area contributed by atoms with E-state index in [2.05, 4.69) is 10.1 Å². The summed E-state index contributed by atoms with van der Waals surface area (Å²) in [4.78, 5) is 17.8. The van der Waals surface area contributed by atoms with E-state index in [4.69, 9.17) is 4.52 Å². The first-order chi connectivity index (χ1) is 11.6. The molecule has 0 spiro atoms. The van der Waals surface area contributed by atoms with E-state index < -0.39 is 5.97 Å². The highest BCUT2D eigenvalue weighted by Crippen LogP contribution is 2.31. The second-order valence-corrected chi connectivity index (χ2v) is 5.37. The predicted molar refractivity (Wildman–Crippen MR) is 88.9 cm³/mol. The van der Waals surface area contributed by atoms with Gasteiger partial charge in [0.15, 0.2) is 17.1 Å². The summed E-state index contributed by atoms with van der Waals surface area (Å²) in [5.74, 6) is 0.298. The first-order valence-electron chi connectivity index (χ1n) is 7.61. The first-order valence-corrected chi connectivity index (χ1v) is 7.61. The van der Waals surface area contributed by atoms with E-state index in [9.17, 15) is 9.90 Å². The summed E-state index contributed by atoms with van der Waals surface area (Å²) < 4.78 is 7.34. The molecule has 0 radical (unpaired) electrons. The van der Waals surface area contributed by atoms with Crippen molar-refractivity contribution < 1.29 is 14.4 Å². The number of hydrogen-bond donors (Lipinski definition) is 1. The maximum absolute atomic E-state index is 11.8. The molecule has 0 aliphatic carbocycles. The Labute approximate surface area is 139 Å². The molecule has 0 fully saturated rings. The molecule has 7 heteroatoms. The molecule has 0 bridgehead atoms. The van der Waals surface area contributed by atoms with Gasteiger partial charge in [-0.2, -0.15) is 0 Å². The summed E-state index contributed by atoms with van der Waals surface area (Å²) in [5.41, 5.74) is 0.732. The fourth-order valence-electron chi connectivity index (χ4n) is 2.59. The maximum atomic E-state index is 11.8. The van der Waals surface area contributed by atoms with Gasteiger partial charge in [-0.1, -0.05) is 35.5 Å². The van der Waals surface area contributed by atoms with Gasteiger partial charge in [0.25, 0.3) is 0 Å². The fraction of sp³-hybridized carbons (Fsp3) is 0.235. The third-order valence-corrected chi connectivity index (χ3v) is 3.81. The zero-order valence-electron chi connectivity index (χ0n) is 13.5. The number of carbonyl (C=O) groups is 1. The lowest BCUT2D eigenvalue weighted by atomic mass is 10.1. The summed E-state index contributed by atoms with van der Waals surface area (Å²) in [6.45, 7) is 3.25. The van der Waals surface area contributed by atoms with Crippen LogP contribution < -0.4 is 4.90 Å². The van der Waals surface area contributed by atoms with Crippen LogP contribution in [0.25, 0.3) is 11.3 Å². The lowest BCUT2D eigenvalue weighted by molar-refractivity contribution is 0.0698. The Morgan fingerprint density at radius 3 is 2.75 bits per heavy atom. The van der Waals surface area contributed by atoms with Crippen LogP contribution in [0.3, 0.4) is 0 Å². The number of carboxylic acid groups (broad SMARTS) is 1. The quantitative estimate of drug-likeness (QED) is 0.750. The monoisotopic (exact) mass is 326 g/mol. The number of anilines is 1. The molecular formula is C17H18N4O3. The third-order valence-electron chi connectivity index (χ3n) is 3.81. The molecule has 0 saturated heterocycles. The van der Waals surface area contributed by atoms with Crippen LogP contribution in [0, 0.1) is 0 Å². The minimum absolute atomic E-state index is 0.0540. The van der Waals surface area contributed by atoms with Crippen molar-refractivity contribution in [3.63, 3.8) is 0 Å². The van der Waals surface area contributed by atoms with Crippen molar-refractivity contribution in [1.29, 1.82) is 0 Å². The number of aryl methyl sites for hydroxylation is 1. The van der Waals surface area contributed by atoms with Crippen LogP contribution in [0.2, 0.25) is 0 Å². The molecule has 0 aliphatic heterocycles. The van der Waals surface area contributed by atoms with Gasteiger partial charge in [0.1, 0.15) is 5.82 Å². The topological polar surface area (TPSA) is 84.4 Å². The molecule has 24 heavy (non-hydrogen) atoms. The molecule has 1 aromatic carbocycles. The lowest BCUT2D eigenvalue weighted by Gasteiger charge is -2.16. The van der Waals surface area contributed by atoms with Crippen LogP contribution in [0.4, 0.5) is 5.82 Å². The van der Waals surface area contributed by atoms with E-state index in [-0.39, 0.29) is 17.1 Å². The van der Waals surface area contributed by atoms with E-state index in [1.54, 1.807) is 30.3 Å². The second-order valence-electron chi connectivity index (χ2n) is 5.37. The van der Waals surface area contributed by atoms with Crippen LogP contribution in [-0.4, -0.2) is 32.8 Å². The molecule has 124 valence electrons. The van der Waals surface area contributed by atoms with Gasteiger partial charge in [-0.05, 0) is 6.92 Å². The number of imidazole rings is 1. The minimum Gasteiger partial charge on any atom is -0.477 e. The Hall–Kier alpha value is -3.09. The van der Waals surface area contributed by atoms with Gasteiger partial charge in [0.05, 0.1) is 6.54 Å². The van der Waals surface area contributed by atoms with E-state index in [1.807, 2.05) is 35.9 Å². The van der Waals surface area contributed by atoms with Crippen molar-refractivity contribution in [2.75, 3.05) is 11.9 Å². The minimum atomic E-state index is -1.07. The number of carboxylic acids is 1. The highest BCUT2D eigenvalue weighted by Gasteiger charge is 2.26. The van der Waals surface area contributed by atoms with Gasteiger partial charge in [-0.25, -0.2) is 9.78 Å². The molecule has 0 atom stereocenters. The zero-order valence-corrected chi connectivity index (χ0v) is 13.5. The van der Waals surface area contributed by atoms with Gasteiger partial charge in [0.2, 0.25) is 0 Å². The Balaban J connectivity index is 1.96. The van der Waals surface area contributed by atoms with Crippen LogP contribution in [0.1, 0.15) is 23.1 Å². The predicted octanol–water partition coefficient (Wildman–Crippen LogP) is 2.89. The van der Waals surface area contributed by atoms with Gasteiger partial charge in [0, 0.05) is 31.5 Å². The number of rotatable bonds is 6. The summed E-state index contributed by atoms with van der Waals surface area (Å²) >= 11 is 0. The molecule has 0 unspecified atom stereocenters. The SMILES string of the molecule is CCn1ccnc1CN(C)c1noc(-c2ccccc2)c1C(=O)O. The highest BCUT2D eigenvalue weighted by atomic mass is 16.5. The van der Waals surface area contributed by atoms with Crippen molar-refractivity contribution >= 4 is 11.8 Å². The number of hydrogen-bond acceptors (Lipinski definition) is 5. The summed E-state index contributed by atoms with van der Waals surface area (Å²) in [6, 6.07) is 9.09. The maximum Gasteiger partial charge on any atom is 0.343 e. The fourth-order valence-corrected chi connectivity index (χ4v) is 2.59. The van der Waals surface area contributed by atoms with Gasteiger partial charge >= 0.3 is 5.97 Å². The van der Waals surface area contributed by atoms with Crippen LogP contribution in [0.5, 0.6) is 0 Å². The number of benzene rings is 1. The molecule has 2 aromatic heterocycles. The Bertz CT molecular complexity index is 839. The van der Waals surface area contributed by atoms with E-state index in [0.717, 1.165) is 12.4 Å². The number of aromatic nitrogens is 3. The van der Waals surface area contributed by atoms with E-state index in [0.29, 0.717) is 12.1 Å². The van der Waals surface area contributed by atoms with Gasteiger partial charge in [-0.15, -0.1) is 0 Å². The largest absolute Gasteiger partial charge is 0.477 e. The molecule has 3 aromatic rings. The second kappa shape index (κ2) is 6.57.